The van der Waals surface area contributed by atoms with Crippen molar-refractivity contribution in [2.45, 2.75) is 25.1 Å². The van der Waals surface area contributed by atoms with E-state index >= 15 is 0 Å². The number of rotatable bonds is 4. The van der Waals surface area contributed by atoms with Crippen LogP contribution in [0.3, 0.4) is 0 Å². The molecule has 0 amide bonds. The number of hydrogen-bond donors (Lipinski definition) is 1. The SMILES string of the molecule is OC(Cc1ccc(Cl)cc1)Cc1ccc(C(F)(F)F)cc1. The highest BCUT2D eigenvalue weighted by atomic mass is 35.5. The van der Waals surface area contributed by atoms with E-state index in [-0.39, 0.29) is 0 Å². The maximum absolute atomic E-state index is 12.4. The van der Waals surface area contributed by atoms with Crippen LogP contribution >= 0.6 is 11.6 Å². The van der Waals surface area contributed by atoms with Crippen LogP contribution in [0.1, 0.15) is 16.7 Å². The lowest BCUT2D eigenvalue weighted by atomic mass is 10.0. The zero-order valence-electron chi connectivity index (χ0n) is 11.1. The molecule has 21 heavy (non-hydrogen) atoms. The number of aliphatic hydroxyl groups excluding tert-OH is 1. The Morgan fingerprint density at radius 3 is 1.71 bits per heavy atom. The molecule has 1 nitrogen and oxygen atoms in total. The van der Waals surface area contributed by atoms with E-state index < -0.39 is 17.8 Å². The van der Waals surface area contributed by atoms with Crippen molar-refractivity contribution in [3.8, 4) is 0 Å². The van der Waals surface area contributed by atoms with Crippen LogP contribution in [0.4, 0.5) is 13.2 Å². The molecule has 2 aromatic rings. The molecule has 1 N–H and O–H groups in total. The van der Waals surface area contributed by atoms with Crippen molar-refractivity contribution in [3.05, 3.63) is 70.2 Å². The van der Waals surface area contributed by atoms with Crippen LogP contribution in [0.2, 0.25) is 5.02 Å². The maximum atomic E-state index is 12.4. The molecule has 0 aromatic heterocycles. The van der Waals surface area contributed by atoms with Crippen molar-refractivity contribution >= 4 is 11.6 Å². The zero-order chi connectivity index (χ0) is 15.5. The molecule has 1 atom stereocenters. The second-order valence-electron chi connectivity index (χ2n) is 4.88. The molecule has 0 aliphatic rings. The van der Waals surface area contributed by atoms with Crippen LogP contribution in [0, 0.1) is 0 Å². The molecule has 0 aliphatic carbocycles. The summed E-state index contributed by atoms with van der Waals surface area (Å²) >= 11 is 5.78. The van der Waals surface area contributed by atoms with E-state index in [1.54, 1.807) is 12.1 Å². The lowest BCUT2D eigenvalue weighted by molar-refractivity contribution is -0.137. The van der Waals surface area contributed by atoms with Gasteiger partial charge in [0.25, 0.3) is 0 Å². The molecule has 0 saturated heterocycles. The van der Waals surface area contributed by atoms with Crippen molar-refractivity contribution in [1.29, 1.82) is 0 Å². The van der Waals surface area contributed by atoms with Gasteiger partial charge in [0.2, 0.25) is 0 Å². The van der Waals surface area contributed by atoms with Gasteiger partial charge in [-0.05, 0) is 48.2 Å². The lowest BCUT2D eigenvalue weighted by Gasteiger charge is -2.12. The van der Waals surface area contributed by atoms with Gasteiger partial charge in [0.1, 0.15) is 0 Å². The van der Waals surface area contributed by atoms with Crippen molar-refractivity contribution in [3.63, 3.8) is 0 Å². The molecule has 1 unspecified atom stereocenters. The summed E-state index contributed by atoms with van der Waals surface area (Å²) in [6.45, 7) is 0. The molecule has 0 heterocycles. The Morgan fingerprint density at radius 1 is 0.857 bits per heavy atom. The third-order valence-electron chi connectivity index (χ3n) is 3.14. The van der Waals surface area contributed by atoms with Crippen LogP contribution in [0.25, 0.3) is 0 Å². The lowest BCUT2D eigenvalue weighted by Crippen LogP contribution is -2.14. The normalized spacial score (nSPS) is 13.2. The molecule has 0 spiro atoms. The Bertz CT molecular complexity index is 576. The minimum atomic E-state index is -4.33. The summed E-state index contributed by atoms with van der Waals surface area (Å²) in [7, 11) is 0. The molecule has 5 heteroatoms. The highest BCUT2D eigenvalue weighted by molar-refractivity contribution is 6.30. The summed E-state index contributed by atoms with van der Waals surface area (Å²) in [5.74, 6) is 0. The van der Waals surface area contributed by atoms with Gasteiger partial charge >= 0.3 is 6.18 Å². The molecular formula is C16H14ClF3O. The topological polar surface area (TPSA) is 20.2 Å². The highest BCUT2D eigenvalue weighted by Crippen LogP contribution is 2.29. The second kappa shape index (κ2) is 6.50. The standard InChI is InChI=1S/C16H14ClF3O/c17-14-7-3-12(4-8-14)10-15(21)9-11-1-5-13(6-2-11)16(18,19)20/h1-8,15,21H,9-10H2. The van der Waals surface area contributed by atoms with Crippen molar-refractivity contribution in [2.24, 2.45) is 0 Å². The quantitative estimate of drug-likeness (QED) is 0.880. The molecular weight excluding hydrogens is 301 g/mol. The molecule has 0 saturated carbocycles. The minimum absolute atomic E-state index is 0.306. The van der Waals surface area contributed by atoms with Crippen LogP contribution in [-0.2, 0) is 19.0 Å². The van der Waals surface area contributed by atoms with E-state index in [4.69, 9.17) is 11.6 Å². The van der Waals surface area contributed by atoms with Gasteiger partial charge in [-0.25, -0.2) is 0 Å². The van der Waals surface area contributed by atoms with Crippen LogP contribution in [0.5, 0.6) is 0 Å². The Kier molecular flexibility index (Phi) is 4.91. The predicted molar refractivity (Wildman–Crippen MR) is 76.3 cm³/mol. The summed E-state index contributed by atoms with van der Waals surface area (Å²) in [6.07, 6.45) is -4.25. The van der Waals surface area contributed by atoms with Crippen molar-refractivity contribution in [1.82, 2.24) is 0 Å². The first kappa shape index (κ1) is 15.9. The largest absolute Gasteiger partial charge is 0.416 e. The Balaban J connectivity index is 1.96. The van der Waals surface area contributed by atoms with E-state index in [1.165, 1.54) is 12.1 Å². The zero-order valence-corrected chi connectivity index (χ0v) is 11.8. The number of halogens is 4. The number of aliphatic hydroxyl groups is 1. The average Bonchev–Trinajstić information content (AvgIpc) is 2.41. The van der Waals surface area contributed by atoms with Crippen LogP contribution < -0.4 is 0 Å². The van der Waals surface area contributed by atoms with Gasteiger partial charge in [-0.3, -0.25) is 0 Å². The van der Waals surface area contributed by atoms with Gasteiger partial charge in [-0.1, -0.05) is 35.9 Å². The van der Waals surface area contributed by atoms with E-state index in [0.29, 0.717) is 23.4 Å². The third kappa shape index (κ3) is 4.76. The van der Waals surface area contributed by atoms with Crippen molar-refractivity contribution in [2.75, 3.05) is 0 Å². The second-order valence-corrected chi connectivity index (χ2v) is 5.32. The summed E-state index contributed by atoms with van der Waals surface area (Å²) < 4.78 is 37.3. The first-order valence-corrected chi connectivity index (χ1v) is 6.81. The number of alkyl halides is 3. The van der Waals surface area contributed by atoms with Gasteiger partial charge in [0, 0.05) is 5.02 Å². The van der Waals surface area contributed by atoms with Gasteiger partial charge < -0.3 is 5.11 Å². The molecule has 2 rings (SSSR count). The fraction of sp³-hybridized carbons (Fsp3) is 0.250. The summed E-state index contributed by atoms with van der Waals surface area (Å²) in [4.78, 5) is 0. The van der Waals surface area contributed by atoms with Crippen molar-refractivity contribution < 1.29 is 18.3 Å². The number of benzene rings is 2. The monoisotopic (exact) mass is 314 g/mol. The summed E-state index contributed by atoms with van der Waals surface area (Å²) in [5.41, 5.74) is 0.918. The van der Waals surface area contributed by atoms with Gasteiger partial charge in [-0.15, -0.1) is 0 Å². The van der Waals surface area contributed by atoms with E-state index in [1.807, 2.05) is 12.1 Å². The first-order chi connectivity index (χ1) is 9.84. The van der Waals surface area contributed by atoms with E-state index in [0.717, 1.165) is 17.7 Å². The number of hydrogen-bond acceptors (Lipinski definition) is 1. The molecule has 0 bridgehead atoms. The smallest absolute Gasteiger partial charge is 0.392 e. The predicted octanol–water partition coefficient (Wildman–Crippen LogP) is 4.50. The average molecular weight is 315 g/mol. The molecule has 112 valence electrons. The van der Waals surface area contributed by atoms with Gasteiger partial charge in [0.15, 0.2) is 0 Å². The van der Waals surface area contributed by atoms with Crippen LogP contribution in [-0.4, -0.2) is 11.2 Å². The Morgan fingerprint density at radius 2 is 1.29 bits per heavy atom. The highest BCUT2D eigenvalue weighted by Gasteiger charge is 2.29. The van der Waals surface area contributed by atoms with Gasteiger partial charge in [0.05, 0.1) is 11.7 Å². The molecule has 2 aromatic carbocycles. The van der Waals surface area contributed by atoms with E-state index in [2.05, 4.69) is 0 Å². The Labute approximate surface area is 126 Å². The van der Waals surface area contributed by atoms with Gasteiger partial charge in [-0.2, -0.15) is 13.2 Å². The Hall–Kier alpha value is -1.52. The fourth-order valence-electron chi connectivity index (χ4n) is 2.07. The molecule has 0 aliphatic heterocycles. The minimum Gasteiger partial charge on any atom is -0.392 e. The summed E-state index contributed by atoms with van der Waals surface area (Å²) in [5, 5.41) is 10.6. The van der Waals surface area contributed by atoms with E-state index in [9.17, 15) is 18.3 Å². The molecule has 0 radical (unpaired) electrons. The molecule has 0 fully saturated rings. The third-order valence-corrected chi connectivity index (χ3v) is 3.39. The fourth-order valence-corrected chi connectivity index (χ4v) is 2.19. The first-order valence-electron chi connectivity index (χ1n) is 6.43. The van der Waals surface area contributed by atoms with Crippen LogP contribution in [0.15, 0.2) is 48.5 Å². The summed E-state index contributed by atoms with van der Waals surface area (Å²) in [6, 6.07) is 12.0. The maximum Gasteiger partial charge on any atom is 0.416 e.